The summed E-state index contributed by atoms with van der Waals surface area (Å²) in [5.74, 6) is -0.685. The van der Waals surface area contributed by atoms with Crippen LogP contribution in [0.3, 0.4) is 0 Å². The lowest BCUT2D eigenvalue weighted by atomic mass is 10.2. The minimum Gasteiger partial charge on any atom is -0.494 e. The summed E-state index contributed by atoms with van der Waals surface area (Å²) in [7, 11) is 0. The molecule has 1 N–H and O–H groups in total. The second-order valence-electron chi connectivity index (χ2n) is 5.37. The highest BCUT2D eigenvalue weighted by molar-refractivity contribution is 7.13. The first-order valence-corrected chi connectivity index (χ1v) is 8.80. The zero-order chi connectivity index (χ0) is 19.4. The third-order valence-corrected chi connectivity index (χ3v) is 4.45. The molecule has 0 saturated heterocycles. The van der Waals surface area contributed by atoms with Gasteiger partial charge in [0.05, 0.1) is 17.2 Å². The molecule has 7 nitrogen and oxygen atoms in total. The van der Waals surface area contributed by atoms with Crippen LogP contribution in [-0.4, -0.2) is 22.4 Å². The van der Waals surface area contributed by atoms with Gasteiger partial charge < -0.3 is 10.1 Å². The molecule has 3 aromatic rings. The van der Waals surface area contributed by atoms with Crippen molar-refractivity contribution >= 4 is 28.6 Å². The van der Waals surface area contributed by atoms with Gasteiger partial charge >= 0.3 is 0 Å². The minimum absolute atomic E-state index is 0.0924. The number of nitro benzene ring substituents is 1. The Bertz CT molecular complexity index is 989. The number of carbonyl (C=O) groups is 1. The standard InChI is InChI=1S/C18H14FN3O4S/c1-2-26-13-6-3-11(4-7-13)18-21-16(10-27-18)17(23)20-15-9-12(22(24)25)5-8-14(15)19/h3-10H,2H2,1H3,(H,20,23). The molecule has 138 valence electrons. The lowest BCUT2D eigenvalue weighted by Crippen LogP contribution is -2.13. The van der Waals surface area contributed by atoms with Crippen molar-refractivity contribution in [2.24, 2.45) is 0 Å². The number of nitrogens with zero attached hydrogens (tertiary/aromatic N) is 2. The third kappa shape index (κ3) is 4.26. The van der Waals surface area contributed by atoms with Crippen LogP contribution in [0.15, 0.2) is 47.8 Å². The number of thiazole rings is 1. The zero-order valence-corrected chi connectivity index (χ0v) is 15.0. The van der Waals surface area contributed by atoms with Crippen molar-refractivity contribution in [3.8, 4) is 16.3 Å². The Kier molecular flexibility index (Phi) is 5.41. The Morgan fingerprint density at radius 1 is 1.30 bits per heavy atom. The Labute approximate surface area is 157 Å². The van der Waals surface area contributed by atoms with Crippen LogP contribution >= 0.6 is 11.3 Å². The molecule has 0 bridgehead atoms. The van der Waals surface area contributed by atoms with E-state index in [0.717, 1.165) is 29.5 Å². The van der Waals surface area contributed by atoms with Crippen molar-refractivity contribution in [2.75, 3.05) is 11.9 Å². The maximum absolute atomic E-state index is 13.8. The molecule has 0 aliphatic heterocycles. The molecule has 1 aromatic heterocycles. The summed E-state index contributed by atoms with van der Waals surface area (Å²) in [5.41, 5.74) is 0.309. The first-order chi connectivity index (χ1) is 13.0. The van der Waals surface area contributed by atoms with E-state index in [4.69, 9.17) is 4.74 Å². The van der Waals surface area contributed by atoms with Crippen LogP contribution in [0.4, 0.5) is 15.8 Å². The summed E-state index contributed by atoms with van der Waals surface area (Å²) in [5, 5.41) is 15.3. The number of ether oxygens (including phenoxy) is 1. The topological polar surface area (TPSA) is 94.4 Å². The molecule has 0 unspecified atom stereocenters. The van der Waals surface area contributed by atoms with Gasteiger partial charge in [0.25, 0.3) is 11.6 Å². The van der Waals surface area contributed by atoms with E-state index in [-0.39, 0.29) is 17.1 Å². The largest absolute Gasteiger partial charge is 0.494 e. The van der Waals surface area contributed by atoms with Gasteiger partial charge in [0.2, 0.25) is 0 Å². The van der Waals surface area contributed by atoms with Gasteiger partial charge in [-0.3, -0.25) is 14.9 Å². The van der Waals surface area contributed by atoms with Crippen LogP contribution in [0.5, 0.6) is 5.75 Å². The van der Waals surface area contributed by atoms with Crippen molar-refractivity contribution in [2.45, 2.75) is 6.92 Å². The number of nitrogens with one attached hydrogen (secondary N) is 1. The van der Waals surface area contributed by atoms with Crippen LogP contribution in [0.1, 0.15) is 17.4 Å². The van der Waals surface area contributed by atoms with Gasteiger partial charge in [-0.1, -0.05) is 0 Å². The molecule has 0 spiro atoms. The van der Waals surface area contributed by atoms with Gasteiger partial charge in [0, 0.05) is 23.1 Å². The van der Waals surface area contributed by atoms with Crippen LogP contribution in [0.25, 0.3) is 10.6 Å². The molecule has 0 saturated carbocycles. The number of nitro groups is 1. The second-order valence-corrected chi connectivity index (χ2v) is 6.23. The highest BCUT2D eigenvalue weighted by Gasteiger charge is 2.16. The molecule has 27 heavy (non-hydrogen) atoms. The first kappa shape index (κ1) is 18.5. The van der Waals surface area contributed by atoms with E-state index >= 15 is 0 Å². The number of halogens is 1. The summed E-state index contributed by atoms with van der Waals surface area (Å²) in [6, 6.07) is 10.2. The summed E-state index contributed by atoms with van der Waals surface area (Å²) < 4.78 is 19.2. The van der Waals surface area contributed by atoms with Gasteiger partial charge in [0.15, 0.2) is 0 Å². The minimum atomic E-state index is -0.768. The molecule has 0 aliphatic carbocycles. The van der Waals surface area contributed by atoms with E-state index in [0.29, 0.717) is 11.6 Å². The Morgan fingerprint density at radius 3 is 2.70 bits per heavy atom. The second kappa shape index (κ2) is 7.92. The van der Waals surface area contributed by atoms with Crippen molar-refractivity contribution in [3.05, 3.63) is 69.5 Å². The highest BCUT2D eigenvalue weighted by Crippen LogP contribution is 2.27. The fraction of sp³-hybridized carbons (Fsp3) is 0.111. The van der Waals surface area contributed by atoms with Gasteiger partial charge in [-0.05, 0) is 37.3 Å². The van der Waals surface area contributed by atoms with Crippen molar-refractivity contribution in [1.82, 2.24) is 4.98 Å². The number of hydrogen-bond acceptors (Lipinski definition) is 6. The van der Waals surface area contributed by atoms with Crippen LogP contribution < -0.4 is 10.1 Å². The van der Waals surface area contributed by atoms with Crippen molar-refractivity contribution in [3.63, 3.8) is 0 Å². The first-order valence-electron chi connectivity index (χ1n) is 7.92. The molecular formula is C18H14FN3O4S. The number of rotatable bonds is 6. The predicted octanol–water partition coefficient (Wildman–Crippen LogP) is 4.51. The molecule has 9 heteroatoms. The molecule has 0 radical (unpaired) electrons. The average molecular weight is 387 g/mol. The lowest BCUT2D eigenvalue weighted by molar-refractivity contribution is -0.384. The molecule has 0 aliphatic rings. The Hall–Kier alpha value is -3.33. The van der Waals surface area contributed by atoms with E-state index in [1.807, 2.05) is 19.1 Å². The predicted molar refractivity (Wildman–Crippen MR) is 99.7 cm³/mol. The van der Waals surface area contributed by atoms with Gasteiger partial charge in [-0.15, -0.1) is 11.3 Å². The van der Waals surface area contributed by atoms with E-state index in [9.17, 15) is 19.3 Å². The fourth-order valence-electron chi connectivity index (χ4n) is 2.28. The van der Waals surface area contributed by atoms with Crippen molar-refractivity contribution < 1.29 is 18.8 Å². The summed E-state index contributed by atoms with van der Waals surface area (Å²) in [4.78, 5) is 26.7. The van der Waals surface area contributed by atoms with E-state index in [1.54, 1.807) is 12.1 Å². The summed E-state index contributed by atoms with van der Waals surface area (Å²) >= 11 is 1.26. The monoisotopic (exact) mass is 387 g/mol. The van der Waals surface area contributed by atoms with Gasteiger partial charge in [-0.2, -0.15) is 0 Å². The maximum Gasteiger partial charge on any atom is 0.275 e. The quantitative estimate of drug-likeness (QED) is 0.496. The van der Waals surface area contributed by atoms with E-state index < -0.39 is 16.6 Å². The van der Waals surface area contributed by atoms with Crippen LogP contribution in [-0.2, 0) is 0 Å². The van der Waals surface area contributed by atoms with Crippen LogP contribution in [0, 0.1) is 15.9 Å². The zero-order valence-electron chi connectivity index (χ0n) is 14.1. The average Bonchev–Trinajstić information content (AvgIpc) is 3.14. The Morgan fingerprint density at radius 2 is 2.04 bits per heavy atom. The number of hydrogen-bond donors (Lipinski definition) is 1. The molecule has 1 amide bonds. The van der Waals surface area contributed by atoms with E-state index in [2.05, 4.69) is 10.3 Å². The Balaban J connectivity index is 1.77. The molecule has 1 heterocycles. The number of aromatic nitrogens is 1. The SMILES string of the molecule is CCOc1ccc(-c2nc(C(=O)Nc3cc([N+](=O)[O-])ccc3F)cs2)cc1. The number of non-ortho nitro benzene ring substituents is 1. The fourth-order valence-corrected chi connectivity index (χ4v) is 3.09. The number of anilines is 1. The molecule has 2 aromatic carbocycles. The summed E-state index contributed by atoms with van der Waals surface area (Å²) in [6.45, 7) is 2.46. The molecule has 3 rings (SSSR count). The van der Waals surface area contributed by atoms with E-state index in [1.165, 1.54) is 16.7 Å². The lowest BCUT2D eigenvalue weighted by Gasteiger charge is -2.04. The molecule has 0 atom stereocenters. The maximum atomic E-state index is 13.8. The normalized spacial score (nSPS) is 10.4. The van der Waals surface area contributed by atoms with Crippen molar-refractivity contribution in [1.29, 1.82) is 0 Å². The smallest absolute Gasteiger partial charge is 0.275 e. The van der Waals surface area contributed by atoms with Gasteiger partial charge in [-0.25, -0.2) is 9.37 Å². The summed E-state index contributed by atoms with van der Waals surface area (Å²) in [6.07, 6.45) is 0. The van der Waals surface area contributed by atoms with Crippen LogP contribution in [0.2, 0.25) is 0 Å². The highest BCUT2D eigenvalue weighted by atomic mass is 32.1. The third-order valence-electron chi connectivity index (χ3n) is 3.56. The number of amides is 1. The number of carbonyl (C=O) groups excluding carboxylic acids is 1. The molecule has 0 fully saturated rings. The molecular weight excluding hydrogens is 373 g/mol. The van der Waals surface area contributed by atoms with Gasteiger partial charge in [0.1, 0.15) is 22.3 Å². The number of benzene rings is 2.